The molecular formula is C34H47F2N3O7S. The summed E-state index contributed by atoms with van der Waals surface area (Å²) < 4.78 is 47.4. The first-order valence-corrected chi connectivity index (χ1v) is 16.4. The molecule has 0 saturated carbocycles. The van der Waals surface area contributed by atoms with Crippen LogP contribution in [-0.2, 0) is 41.4 Å². The summed E-state index contributed by atoms with van der Waals surface area (Å²) in [5, 5.41) is 5.45. The molecule has 0 spiro atoms. The van der Waals surface area contributed by atoms with Crippen LogP contribution in [0, 0.1) is 17.6 Å². The van der Waals surface area contributed by atoms with Crippen molar-refractivity contribution in [2.75, 3.05) is 18.8 Å². The van der Waals surface area contributed by atoms with Crippen molar-refractivity contribution in [3.8, 4) is 0 Å². The Morgan fingerprint density at radius 2 is 1.55 bits per heavy atom. The molecule has 3 atom stereocenters. The van der Waals surface area contributed by atoms with Crippen molar-refractivity contribution in [2.45, 2.75) is 91.1 Å². The van der Waals surface area contributed by atoms with Crippen molar-refractivity contribution >= 4 is 35.9 Å². The molecule has 2 aromatic rings. The molecule has 0 aliphatic rings. The van der Waals surface area contributed by atoms with Gasteiger partial charge in [-0.05, 0) is 90.1 Å². The molecule has 0 radical (unpaired) electrons. The van der Waals surface area contributed by atoms with Gasteiger partial charge in [-0.1, -0.05) is 42.3 Å². The highest BCUT2D eigenvalue weighted by molar-refractivity contribution is 7.97. The van der Waals surface area contributed by atoms with Crippen molar-refractivity contribution in [2.24, 2.45) is 5.92 Å². The quantitative estimate of drug-likeness (QED) is 0.0939. The van der Waals surface area contributed by atoms with E-state index in [0.29, 0.717) is 12.2 Å². The number of nitrogens with one attached hydrogen (secondary N) is 3. The minimum Gasteiger partial charge on any atom is -0.460 e. The summed E-state index contributed by atoms with van der Waals surface area (Å²) in [5.74, 6) is -3.72. The van der Waals surface area contributed by atoms with Gasteiger partial charge in [0.1, 0.15) is 28.8 Å². The zero-order valence-electron chi connectivity index (χ0n) is 28.1. The van der Waals surface area contributed by atoms with Crippen LogP contribution in [0.2, 0.25) is 0 Å². The second-order valence-corrected chi connectivity index (χ2v) is 14.0. The van der Waals surface area contributed by atoms with E-state index in [4.69, 9.17) is 14.2 Å². The van der Waals surface area contributed by atoms with E-state index in [1.165, 1.54) is 18.9 Å². The highest BCUT2D eigenvalue weighted by Gasteiger charge is 2.39. The molecule has 2 rings (SSSR count). The molecule has 260 valence electrons. The van der Waals surface area contributed by atoms with E-state index in [9.17, 15) is 28.0 Å². The summed E-state index contributed by atoms with van der Waals surface area (Å²) >= 11 is 1.31. The predicted octanol–water partition coefficient (Wildman–Crippen LogP) is 5.28. The van der Waals surface area contributed by atoms with Crippen LogP contribution in [0.1, 0.15) is 66.0 Å². The van der Waals surface area contributed by atoms with E-state index >= 15 is 0 Å². The fourth-order valence-electron chi connectivity index (χ4n) is 4.36. The first kappa shape index (κ1) is 39.5. The summed E-state index contributed by atoms with van der Waals surface area (Å²) in [6.45, 7) is 11.9. The maximum absolute atomic E-state index is 14.3. The van der Waals surface area contributed by atoms with E-state index < -0.39 is 64.8 Å². The SMILES string of the molecule is CC(=O)O[C@H](C(=O)NCCCSNCC(Cc1cc(F)ccc1F)NC(=O)OC(C)(C)C)[C@@H](Cc1ccccc1)C(=O)OC(C)(C)C. The zero-order valence-corrected chi connectivity index (χ0v) is 28.9. The van der Waals surface area contributed by atoms with E-state index in [1.54, 1.807) is 41.5 Å². The predicted molar refractivity (Wildman–Crippen MR) is 176 cm³/mol. The molecule has 0 aliphatic heterocycles. The van der Waals surface area contributed by atoms with Crippen LogP contribution in [-0.4, -0.2) is 66.1 Å². The average molecular weight is 680 g/mol. The Labute approximate surface area is 280 Å². The van der Waals surface area contributed by atoms with Gasteiger partial charge in [-0.2, -0.15) is 0 Å². The molecule has 2 aromatic carbocycles. The van der Waals surface area contributed by atoms with Gasteiger partial charge < -0.3 is 24.8 Å². The fourth-order valence-corrected chi connectivity index (χ4v) is 5.11. The van der Waals surface area contributed by atoms with Crippen molar-refractivity contribution in [1.82, 2.24) is 15.4 Å². The molecule has 3 N–H and O–H groups in total. The van der Waals surface area contributed by atoms with Crippen LogP contribution in [0.15, 0.2) is 48.5 Å². The maximum Gasteiger partial charge on any atom is 0.407 e. The van der Waals surface area contributed by atoms with Crippen LogP contribution >= 0.6 is 11.9 Å². The summed E-state index contributed by atoms with van der Waals surface area (Å²) in [7, 11) is 0. The number of ether oxygens (including phenoxy) is 3. The zero-order chi connectivity index (χ0) is 35.2. The fraction of sp³-hybridized carbons (Fsp3) is 0.529. The minimum absolute atomic E-state index is 0.0196. The third-order valence-electron chi connectivity index (χ3n) is 6.27. The Kier molecular flexibility index (Phi) is 15.6. The number of amides is 2. The smallest absolute Gasteiger partial charge is 0.407 e. The molecule has 10 nitrogen and oxygen atoms in total. The van der Waals surface area contributed by atoms with Crippen molar-refractivity contribution in [3.63, 3.8) is 0 Å². The van der Waals surface area contributed by atoms with Crippen LogP contribution in [0.25, 0.3) is 0 Å². The Morgan fingerprint density at radius 3 is 2.17 bits per heavy atom. The Hall–Kier alpha value is -3.71. The monoisotopic (exact) mass is 679 g/mol. The van der Waals surface area contributed by atoms with Gasteiger partial charge in [0.2, 0.25) is 0 Å². The van der Waals surface area contributed by atoms with Crippen LogP contribution in [0.4, 0.5) is 13.6 Å². The number of carbonyl (C=O) groups excluding carboxylic acids is 4. The maximum atomic E-state index is 14.3. The van der Waals surface area contributed by atoms with E-state index in [1.807, 2.05) is 30.3 Å². The second-order valence-electron chi connectivity index (χ2n) is 13.0. The Bertz CT molecular complexity index is 1330. The number of hydrogen-bond acceptors (Lipinski definition) is 9. The molecule has 0 heterocycles. The van der Waals surface area contributed by atoms with E-state index in [0.717, 1.165) is 23.8 Å². The average Bonchev–Trinajstić information content (AvgIpc) is 2.94. The molecule has 47 heavy (non-hydrogen) atoms. The number of alkyl carbamates (subject to hydrolysis) is 1. The lowest BCUT2D eigenvalue weighted by Crippen LogP contribution is -2.47. The van der Waals surface area contributed by atoms with Gasteiger partial charge >= 0.3 is 18.0 Å². The molecule has 0 saturated heterocycles. The molecule has 13 heteroatoms. The minimum atomic E-state index is -1.41. The number of carbonyl (C=O) groups is 4. The summed E-state index contributed by atoms with van der Waals surface area (Å²) in [6, 6.07) is 11.6. The molecule has 0 aliphatic carbocycles. The lowest BCUT2D eigenvalue weighted by atomic mass is 9.92. The van der Waals surface area contributed by atoms with Gasteiger partial charge in [-0.15, -0.1) is 0 Å². The molecule has 0 fully saturated rings. The van der Waals surface area contributed by atoms with E-state index in [-0.39, 0.29) is 31.5 Å². The van der Waals surface area contributed by atoms with Gasteiger partial charge in [0.15, 0.2) is 6.10 Å². The van der Waals surface area contributed by atoms with Gasteiger partial charge in [0.25, 0.3) is 5.91 Å². The van der Waals surface area contributed by atoms with Crippen molar-refractivity contribution in [3.05, 3.63) is 71.3 Å². The molecule has 2 amide bonds. The summed E-state index contributed by atoms with van der Waals surface area (Å²) in [6.07, 6.45) is -1.45. The van der Waals surface area contributed by atoms with Gasteiger partial charge in [0, 0.05) is 31.8 Å². The largest absolute Gasteiger partial charge is 0.460 e. The van der Waals surface area contributed by atoms with Crippen molar-refractivity contribution in [1.29, 1.82) is 0 Å². The number of benzene rings is 2. The molecule has 1 unspecified atom stereocenters. The van der Waals surface area contributed by atoms with Gasteiger partial charge in [-0.3, -0.25) is 19.1 Å². The first-order valence-electron chi connectivity index (χ1n) is 15.4. The van der Waals surface area contributed by atoms with Crippen molar-refractivity contribution < 1.29 is 42.2 Å². The Balaban J connectivity index is 1.97. The number of esters is 2. The topological polar surface area (TPSA) is 132 Å². The molecule has 0 aromatic heterocycles. The molecular weight excluding hydrogens is 632 g/mol. The normalized spacial score (nSPS) is 13.6. The number of rotatable bonds is 16. The summed E-state index contributed by atoms with van der Waals surface area (Å²) in [5.41, 5.74) is -0.676. The van der Waals surface area contributed by atoms with Gasteiger partial charge in [0.05, 0.1) is 0 Å². The first-order chi connectivity index (χ1) is 21.9. The van der Waals surface area contributed by atoms with Crippen LogP contribution in [0.5, 0.6) is 0 Å². The van der Waals surface area contributed by atoms with E-state index in [2.05, 4.69) is 15.4 Å². The van der Waals surface area contributed by atoms with Crippen LogP contribution < -0.4 is 15.4 Å². The second kappa shape index (κ2) is 18.6. The highest BCUT2D eigenvalue weighted by atomic mass is 32.2. The highest BCUT2D eigenvalue weighted by Crippen LogP contribution is 2.21. The third kappa shape index (κ3) is 16.1. The lowest BCUT2D eigenvalue weighted by molar-refractivity contribution is -0.172. The Morgan fingerprint density at radius 1 is 0.894 bits per heavy atom. The third-order valence-corrected chi connectivity index (χ3v) is 7.14. The number of hydrogen-bond donors (Lipinski definition) is 3. The lowest BCUT2D eigenvalue weighted by Gasteiger charge is -2.28. The summed E-state index contributed by atoms with van der Waals surface area (Å²) in [4.78, 5) is 50.8. The standard InChI is InChI=1S/C34H47F2N3O7S/c1-22(40)44-29(27(31(42)45-33(2,3)4)18-23-12-9-8-10-13-23)30(41)37-16-11-17-47-38-21-26(39-32(43)46-34(5,6)7)20-24-19-25(35)14-15-28(24)36/h8-10,12-15,19,26-27,29,38H,11,16-18,20-21H2,1-7H3,(H,37,41)(H,39,43)/t26?,27-,29+/m1/s1. The number of halogens is 2. The van der Waals surface area contributed by atoms with Gasteiger partial charge in [-0.25, -0.2) is 13.6 Å². The van der Waals surface area contributed by atoms with Crippen LogP contribution in [0.3, 0.4) is 0 Å². The molecule has 0 bridgehead atoms.